The Kier molecular flexibility index (Phi) is 5.44. The Morgan fingerprint density at radius 1 is 1.40 bits per heavy atom. The van der Waals surface area contributed by atoms with E-state index >= 15 is 0 Å². The fourth-order valence-electron chi connectivity index (χ4n) is 2.50. The number of hydrogen-bond donors (Lipinski definition) is 1. The van der Waals surface area contributed by atoms with Crippen molar-refractivity contribution < 1.29 is 0 Å². The van der Waals surface area contributed by atoms with Gasteiger partial charge in [-0.25, -0.2) is 9.97 Å². The van der Waals surface area contributed by atoms with Gasteiger partial charge in [0.15, 0.2) is 0 Å². The standard InChI is InChI=1S/C16H27N3S/c1-5-17-9-12-6-7-14-13(8-12)10-18-15(19-14)11-20-16(2,3)4/h10,12,17H,5-9,11H2,1-4H3. The van der Waals surface area contributed by atoms with Crippen molar-refractivity contribution in [1.82, 2.24) is 15.3 Å². The molecule has 0 fully saturated rings. The van der Waals surface area contributed by atoms with Crippen LogP contribution in [0.4, 0.5) is 0 Å². The van der Waals surface area contributed by atoms with Gasteiger partial charge in [0.1, 0.15) is 5.82 Å². The van der Waals surface area contributed by atoms with E-state index in [1.165, 1.54) is 17.7 Å². The summed E-state index contributed by atoms with van der Waals surface area (Å²) in [6.07, 6.45) is 5.57. The van der Waals surface area contributed by atoms with Gasteiger partial charge in [0.25, 0.3) is 0 Å². The van der Waals surface area contributed by atoms with Crippen LogP contribution in [0.5, 0.6) is 0 Å². The maximum Gasteiger partial charge on any atom is 0.138 e. The van der Waals surface area contributed by atoms with Crippen molar-refractivity contribution in [2.45, 2.75) is 57.5 Å². The topological polar surface area (TPSA) is 37.8 Å². The summed E-state index contributed by atoms with van der Waals surface area (Å²) in [5.41, 5.74) is 2.65. The normalized spacial score (nSPS) is 18.9. The van der Waals surface area contributed by atoms with Crippen molar-refractivity contribution in [2.75, 3.05) is 13.1 Å². The Hall–Kier alpha value is -0.610. The van der Waals surface area contributed by atoms with Crippen LogP contribution >= 0.6 is 11.8 Å². The maximum atomic E-state index is 4.78. The van der Waals surface area contributed by atoms with E-state index in [2.05, 4.69) is 44.2 Å². The SMILES string of the molecule is CCNCC1CCc2nc(CSC(C)(C)C)ncc2C1. The molecule has 1 aromatic heterocycles. The minimum atomic E-state index is 0.274. The molecule has 1 unspecified atom stereocenters. The van der Waals surface area contributed by atoms with Crippen LogP contribution in [-0.4, -0.2) is 27.8 Å². The Balaban J connectivity index is 1.96. The van der Waals surface area contributed by atoms with Gasteiger partial charge >= 0.3 is 0 Å². The van der Waals surface area contributed by atoms with Crippen molar-refractivity contribution in [3.05, 3.63) is 23.3 Å². The highest BCUT2D eigenvalue weighted by molar-refractivity contribution is 7.99. The van der Waals surface area contributed by atoms with Gasteiger partial charge in [-0.15, -0.1) is 11.8 Å². The number of rotatable bonds is 5. The number of nitrogens with one attached hydrogen (secondary N) is 1. The van der Waals surface area contributed by atoms with E-state index in [9.17, 15) is 0 Å². The third-order valence-electron chi connectivity index (χ3n) is 3.62. The van der Waals surface area contributed by atoms with Gasteiger partial charge in [-0.2, -0.15) is 0 Å². The average molecular weight is 293 g/mol. The molecule has 0 radical (unpaired) electrons. The molecule has 1 aromatic rings. The first-order valence-corrected chi connectivity index (χ1v) is 8.65. The average Bonchev–Trinajstić information content (AvgIpc) is 2.41. The summed E-state index contributed by atoms with van der Waals surface area (Å²) in [7, 11) is 0. The first-order valence-electron chi connectivity index (χ1n) is 7.66. The molecule has 1 heterocycles. The quantitative estimate of drug-likeness (QED) is 0.904. The molecule has 0 bridgehead atoms. The molecule has 4 heteroatoms. The summed E-state index contributed by atoms with van der Waals surface area (Å²) < 4.78 is 0.274. The molecule has 0 spiro atoms. The molecule has 112 valence electrons. The minimum absolute atomic E-state index is 0.274. The highest BCUT2D eigenvalue weighted by Crippen LogP contribution is 2.28. The summed E-state index contributed by atoms with van der Waals surface area (Å²) >= 11 is 1.91. The summed E-state index contributed by atoms with van der Waals surface area (Å²) in [4.78, 5) is 9.34. The molecule has 2 rings (SSSR count). The van der Waals surface area contributed by atoms with Crippen LogP contribution in [0, 0.1) is 5.92 Å². The predicted molar refractivity (Wildman–Crippen MR) is 87.1 cm³/mol. The molecule has 0 saturated carbocycles. The van der Waals surface area contributed by atoms with Crippen molar-refractivity contribution in [3.8, 4) is 0 Å². The van der Waals surface area contributed by atoms with E-state index in [0.717, 1.165) is 43.4 Å². The first-order chi connectivity index (χ1) is 9.48. The van der Waals surface area contributed by atoms with Crippen molar-refractivity contribution in [3.63, 3.8) is 0 Å². The lowest BCUT2D eigenvalue weighted by Gasteiger charge is -2.24. The summed E-state index contributed by atoms with van der Waals surface area (Å²) in [6, 6.07) is 0. The highest BCUT2D eigenvalue weighted by atomic mass is 32.2. The minimum Gasteiger partial charge on any atom is -0.317 e. The molecule has 0 amide bonds. The Morgan fingerprint density at radius 2 is 2.20 bits per heavy atom. The zero-order valence-electron chi connectivity index (χ0n) is 13.2. The first kappa shape index (κ1) is 15.8. The number of nitrogens with zero attached hydrogens (tertiary/aromatic N) is 2. The fraction of sp³-hybridized carbons (Fsp3) is 0.750. The smallest absolute Gasteiger partial charge is 0.138 e. The maximum absolute atomic E-state index is 4.78. The Morgan fingerprint density at radius 3 is 2.90 bits per heavy atom. The lowest BCUT2D eigenvalue weighted by molar-refractivity contribution is 0.424. The molecule has 1 atom stereocenters. The lowest BCUT2D eigenvalue weighted by atomic mass is 9.87. The van der Waals surface area contributed by atoms with Gasteiger partial charge in [0.05, 0.1) is 5.75 Å². The molecule has 1 aliphatic carbocycles. The third-order valence-corrected chi connectivity index (χ3v) is 4.89. The number of aryl methyl sites for hydroxylation is 1. The van der Waals surface area contributed by atoms with Crippen LogP contribution in [0.25, 0.3) is 0 Å². The zero-order valence-corrected chi connectivity index (χ0v) is 14.0. The highest BCUT2D eigenvalue weighted by Gasteiger charge is 2.20. The summed E-state index contributed by atoms with van der Waals surface area (Å²) in [5, 5.41) is 3.45. The van der Waals surface area contributed by atoms with Gasteiger partial charge in [-0.05, 0) is 43.8 Å². The zero-order chi connectivity index (χ0) is 14.6. The van der Waals surface area contributed by atoms with Crippen molar-refractivity contribution in [2.24, 2.45) is 5.92 Å². The number of fused-ring (bicyclic) bond motifs is 1. The third kappa shape index (κ3) is 4.74. The van der Waals surface area contributed by atoms with Crippen LogP contribution in [0.15, 0.2) is 6.20 Å². The number of thioether (sulfide) groups is 1. The predicted octanol–water partition coefficient (Wildman–Crippen LogP) is 3.22. The van der Waals surface area contributed by atoms with Gasteiger partial charge in [-0.1, -0.05) is 27.7 Å². The second-order valence-corrected chi connectivity index (χ2v) is 8.38. The monoisotopic (exact) mass is 293 g/mol. The van der Waals surface area contributed by atoms with Crippen LogP contribution in [0.1, 0.15) is 51.2 Å². The van der Waals surface area contributed by atoms with Crippen LogP contribution < -0.4 is 5.32 Å². The van der Waals surface area contributed by atoms with E-state index in [0.29, 0.717) is 0 Å². The molecule has 3 nitrogen and oxygen atoms in total. The second-order valence-electron chi connectivity index (χ2n) is 6.58. The van der Waals surface area contributed by atoms with Gasteiger partial charge in [0, 0.05) is 16.6 Å². The Labute approximate surface area is 127 Å². The van der Waals surface area contributed by atoms with E-state index < -0.39 is 0 Å². The molecular formula is C16H27N3S. The lowest BCUT2D eigenvalue weighted by Crippen LogP contribution is -2.27. The van der Waals surface area contributed by atoms with Crippen molar-refractivity contribution in [1.29, 1.82) is 0 Å². The van der Waals surface area contributed by atoms with Crippen molar-refractivity contribution >= 4 is 11.8 Å². The summed E-state index contributed by atoms with van der Waals surface area (Å²) in [5.74, 6) is 2.66. The van der Waals surface area contributed by atoms with Gasteiger partial charge in [0.2, 0.25) is 0 Å². The van der Waals surface area contributed by atoms with Crippen LogP contribution in [0.3, 0.4) is 0 Å². The van der Waals surface area contributed by atoms with Gasteiger partial charge in [-0.3, -0.25) is 0 Å². The Bertz CT molecular complexity index is 440. The van der Waals surface area contributed by atoms with Gasteiger partial charge < -0.3 is 5.32 Å². The van der Waals surface area contributed by atoms with Crippen LogP contribution in [-0.2, 0) is 18.6 Å². The van der Waals surface area contributed by atoms with E-state index in [-0.39, 0.29) is 4.75 Å². The molecule has 0 aromatic carbocycles. The largest absolute Gasteiger partial charge is 0.317 e. The van der Waals surface area contributed by atoms with E-state index in [1.807, 2.05) is 11.8 Å². The molecular weight excluding hydrogens is 266 g/mol. The van der Waals surface area contributed by atoms with Crippen LogP contribution in [0.2, 0.25) is 0 Å². The molecule has 1 aliphatic rings. The fourth-order valence-corrected chi connectivity index (χ4v) is 3.20. The molecule has 20 heavy (non-hydrogen) atoms. The molecule has 1 N–H and O–H groups in total. The second kappa shape index (κ2) is 6.90. The molecule has 0 aliphatic heterocycles. The van der Waals surface area contributed by atoms with E-state index in [4.69, 9.17) is 4.98 Å². The number of hydrogen-bond acceptors (Lipinski definition) is 4. The summed E-state index contributed by atoms with van der Waals surface area (Å²) in [6.45, 7) is 11.1. The number of aromatic nitrogens is 2. The van der Waals surface area contributed by atoms with E-state index in [1.54, 1.807) is 0 Å². The molecule has 0 saturated heterocycles.